The van der Waals surface area contributed by atoms with Crippen molar-refractivity contribution in [2.75, 3.05) is 19.8 Å². The maximum absolute atomic E-state index is 12.0. The second-order valence-electron chi connectivity index (χ2n) is 4.28. The lowest BCUT2D eigenvalue weighted by molar-refractivity contribution is -0.0749. The molecule has 0 aliphatic heterocycles. The summed E-state index contributed by atoms with van der Waals surface area (Å²) in [5.41, 5.74) is 5.51. The predicted octanol–water partition coefficient (Wildman–Crippen LogP) is 2.27. The molecule has 0 spiro atoms. The van der Waals surface area contributed by atoms with Crippen molar-refractivity contribution < 1.29 is 9.13 Å². The molecule has 0 atom stereocenters. The summed E-state index contributed by atoms with van der Waals surface area (Å²) in [4.78, 5) is 0. The maximum atomic E-state index is 12.0. The Morgan fingerprint density at radius 3 is 2.50 bits per heavy atom. The van der Waals surface area contributed by atoms with E-state index in [0.29, 0.717) is 6.54 Å². The van der Waals surface area contributed by atoms with Gasteiger partial charge >= 0.3 is 0 Å². The van der Waals surface area contributed by atoms with Crippen LogP contribution in [0.1, 0.15) is 39.0 Å². The highest BCUT2D eigenvalue weighted by Crippen LogP contribution is 2.35. The minimum absolute atomic E-state index is 0.202. The molecule has 2 N–H and O–H groups in total. The Labute approximate surface area is 86.0 Å². The minimum atomic E-state index is -0.404. The molecule has 1 aliphatic rings. The zero-order chi connectivity index (χ0) is 10.4. The molecule has 1 saturated carbocycles. The van der Waals surface area contributed by atoms with Crippen molar-refractivity contribution in [3.8, 4) is 0 Å². The van der Waals surface area contributed by atoms with E-state index in [9.17, 15) is 4.39 Å². The number of hydrogen-bond acceptors (Lipinski definition) is 2. The Bertz CT molecular complexity index is 155. The Balaban J connectivity index is 2.39. The summed E-state index contributed by atoms with van der Waals surface area (Å²) in [5.74, 6) is 0.823. The molecule has 0 heterocycles. The maximum Gasteiger partial charge on any atom is 0.113 e. The predicted molar refractivity (Wildman–Crippen MR) is 56.0 cm³/mol. The molecule has 0 aromatic heterocycles. The van der Waals surface area contributed by atoms with Gasteiger partial charge in [-0.15, -0.1) is 0 Å². The van der Waals surface area contributed by atoms with Gasteiger partial charge in [-0.05, 0) is 31.6 Å². The van der Waals surface area contributed by atoms with Crippen LogP contribution in [0.15, 0.2) is 0 Å². The van der Waals surface area contributed by atoms with E-state index in [4.69, 9.17) is 10.5 Å². The van der Waals surface area contributed by atoms with E-state index >= 15 is 0 Å². The van der Waals surface area contributed by atoms with Crippen molar-refractivity contribution in [1.29, 1.82) is 0 Å². The molecule has 1 rings (SSSR count). The van der Waals surface area contributed by atoms with Crippen molar-refractivity contribution in [2.45, 2.75) is 44.6 Å². The number of rotatable bonds is 5. The van der Waals surface area contributed by atoms with Crippen LogP contribution < -0.4 is 5.73 Å². The van der Waals surface area contributed by atoms with E-state index in [0.717, 1.165) is 18.8 Å². The smallest absolute Gasteiger partial charge is 0.113 e. The third-order valence-corrected chi connectivity index (χ3v) is 3.45. The fourth-order valence-corrected chi connectivity index (χ4v) is 2.27. The summed E-state index contributed by atoms with van der Waals surface area (Å²) >= 11 is 0. The normalized spacial score (nSPS) is 33.2. The highest BCUT2D eigenvalue weighted by atomic mass is 19.1. The van der Waals surface area contributed by atoms with Crippen molar-refractivity contribution in [3.63, 3.8) is 0 Å². The molecule has 3 heteroatoms. The minimum Gasteiger partial charge on any atom is -0.371 e. The third kappa shape index (κ3) is 2.92. The molecular formula is C11H22FNO. The first-order valence-electron chi connectivity index (χ1n) is 5.66. The number of alkyl halides is 1. The van der Waals surface area contributed by atoms with Crippen molar-refractivity contribution in [2.24, 2.45) is 11.7 Å². The van der Waals surface area contributed by atoms with Gasteiger partial charge in [-0.2, -0.15) is 0 Å². The Morgan fingerprint density at radius 1 is 1.43 bits per heavy atom. The van der Waals surface area contributed by atoms with Gasteiger partial charge in [-0.3, -0.25) is 0 Å². The fourth-order valence-electron chi connectivity index (χ4n) is 2.27. The molecule has 1 fully saturated rings. The largest absolute Gasteiger partial charge is 0.371 e. The van der Waals surface area contributed by atoms with E-state index in [1.54, 1.807) is 0 Å². The average molecular weight is 203 g/mol. The van der Waals surface area contributed by atoms with Gasteiger partial charge in [0.15, 0.2) is 0 Å². The lowest BCUT2D eigenvalue weighted by atomic mass is 9.77. The molecule has 1 aliphatic carbocycles. The molecule has 0 radical (unpaired) electrons. The summed E-state index contributed by atoms with van der Waals surface area (Å²) in [6.45, 7) is 2.55. The summed E-state index contributed by atoms with van der Waals surface area (Å²) in [6.07, 6.45) is 5.60. The lowest BCUT2D eigenvalue weighted by Crippen LogP contribution is -2.44. The summed E-state index contributed by atoms with van der Waals surface area (Å²) in [6, 6.07) is 0. The monoisotopic (exact) mass is 203 g/mol. The first-order valence-corrected chi connectivity index (χ1v) is 5.66. The molecule has 0 amide bonds. The molecule has 0 bridgehead atoms. The van der Waals surface area contributed by atoms with Crippen LogP contribution in [-0.2, 0) is 4.74 Å². The van der Waals surface area contributed by atoms with Gasteiger partial charge in [0, 0.05) is 6.54 Å². The van der Waals surface area contributed by atoms with Crippen LogP contribution in [0.4, 0.5) is 4.39 Å². The standard InChI is InChI=1S/C11H22FNO/c1-2-10-3-5-11(9-13,6-4-10)14-8-7-12/h10H,2-9,13H2,1H3. The average Bonchev–Trinajstić information content (AvgIpc) is 2.27. The van der Waals surface area contributed by atoms with E-state index < -0.39 is 6.67 Å². The third-order valence-electron chi connectivity index (χ3n) is 3.45. The highest BCUT2D eigenvalue weighted by Gasteiger charge is 2.34. The van der Waals surface area contributed by atoms with Gasteiger partial charge in [-0.1, -0.05) is 13.3 Å². The molecule has 84 valence electrons. The van der Waals surface area contributed by atoms with Crippen molar-refractivity contribution in [1.82, 2.24) is 0 Å². The molecule has 0 aromatic rings. The van der Waals surface area contributed by atoms with Crippen LogP contribution >= 0.6 is 0 Å². The molecule has 0 aromatic carbocycles. The Morgan fingerprint density at radius 2 is 2.07 bits per heavy atom. The van der Waals surface area contributed by atoms with Crippen LogP contribution in [0.5, 0.6) is 0 Å². The Hall–Kier alpha value is -0.150. The highest BCUT2D eigenvalue weighted by molar-refractivity contribution is 4.87. The number of nitrogens with two attached hydrogens (primary N) is 1. The first kappa shape index (κ1) is 11.9. The van der Waals surface area contributed by atoms with Gasteiger partial charge in [-0.25, -0.2) is 4.39 Å². The lowest BCUT2D eigenvalue weighted by Gasteiger charge is -2.39. The zero-order valence-electron chi connectivity index (χ0n) is 9.10. The van der Waals surface area contributed by atoms with Crippen LogP contribution in [0.3, 0.4) is 0 Å². The number of halogens is 1. The Kier molecular flexibility index (Phi) is 4.82. The van der Waals surface area contributed by atoms with E-state index in [2.05, 4.69) is 6.92 Å². The second-order valence-corrected chi connectivity index (χ2v) is 4.28. The zero-order valence-corrected chi connectivity index (χ0v) is 9.10. The second kappa shape index (κ2) is 5.66. The van der Waals surface area contributed by atoms with Crippen LogP contribution in [0.25, 0.3) is 0 Å². The molecule has 0 unspecified atom stereocenters. The van der Waals surface area contributed by atoms with Gasteiger partial charge < -0.3 is 10.5 Å². The van der Waals surface area contributed by atoms with Crippen LogP contribution in [-0.4, -0.2) is 25.4 Å². The van der Waals surface area contributed by atoms with E-state index in [1.807, 2.05) is 0 Å². The topological polar surface area (TPSA) is 35.2 Å². The van der Waals surface area contributed by atoms with Crippen molar-refractivity contribution in [3.05, 3.63) is 0 Å². The first-order chi connectivity index (χ1) is 6.76. The summed E-state index contributed by atoms with van der Waals surface area (Å²) in [5, 5.41) is 0. The van der Waals surface area contributed by atoms with Gasteiger partial charge in [0.05, 0.1) is 12.2 Å². The molecular weight excluding hydrogens is 181 g/mol. The van der Waals surface area contributed by atoms with Gasteiger partial charge in [0.25, 0.3) is 0 Å². The van der Waals surface area contributed by atoms with E-state index in [1.165, 1.54) is 19.3 Å². The van der Waals surface area contributed by atoms with Crippen LogP contribution in [0.2, 0.25) is 0 Å². The van der Waals surface area contributed by atoms with Gasteiger partial charge in [0.1, 0.15) is 6.67 Å². The summed E-state index contributed by atoms with van der Waals surface area (Å²) in [7, 11) is 0. The molecule has 0 saturated heterocycles. The molecule has 2 nitrogen and oxygen atoms in total. The SMILES string of the molecule is CCC1CCC(CN)(OCCF)CC1. The van der Waals surface area contributed by atoms with Crippen molar-refractivity contribution >= 4 is 0 Å². The fraction of sp³-hybridized carbons (Fsp3) is 1.00. The van der Waals surface area contributed by atoms with Gasteiger partial charge in [0.2, 0.25) is 0 Å². The van der Waals surface area contributed by atoms with E-state index in [-0.39, 0.29) is 12.2 Å². The quantitative estimate of drug-likeness (QED) is 0.744. The number of ether oxygens (including phenoxy) is 1. The number of hydrogen-bond donors (Lipinski definition) is 1. The summed E-state index contributed by atoms with van der Waals surface area (Å²) < 4.78 is 17.6. The van der Waals surface area contributed by atoms with Crippen LogP contribution in [0, 0.1) is 5.92 Å². The molecule has 14 heavy (non-hydrogen) atoms.